The van der Waals surface area contributed by atoms with Crippen LogP contribution in [0.5, 0.6) is 5.75 Å². The summed E-state index contributed by atoms with van der Waals surface area (Å²) < 4.78 is 5.50. The van der Waals surface area contributed by atoms with E-state index in [0.717, 1.165) is 33.3 Å². The first-order valence-electron chi connectivity index (χ1n) is 7.90. The van der Waals surface area contributed by atoms with Crippen molar-refractivity contribution in [3.8, 4) is 16.3 Å². The number of rotatable bonds is 7. The van der Waals surface area contributed by atoms with Gasteiger partial charge in [-0.2, -0.15) is 0 Å². The third kappa shape index (κ3) is 3.93. The van der Waals surface area contributed by atoms with Gasteiger partial charge < -0.3 is 15.2 Å². The Labute approximate surface area is 145 Å². The molecule has 0 aliphatic rings. The molecule has 2 aromatic carbocycles. The van der Waals surface area contributed by atoms with E-state index in [4.69, 9.17) is 4.74 Å². The number of thiazole rings is 1. The summed E-state index contributed by atoms with van der Waals surface area (Å²) in [6.45, 7) is 3.11. The highest BCUT2D eigenvalue weighted by Gasteiger charge is 2.06. The molecular formula is C19H20N2O2S. The second-order valence-electron chi connectivity index (χ2n) is 5.28. The van der Waals surface area contributed by atoms with Gasteiger partial charge in [0, 0.05) is 22.2 Å². The fourth-order valence-electron chi connectivity index (χ4n) is 2.40. The Morgan fingerprint density at radius 1 is 1.17 bits per heavy atom. The van der Waals surface area contributed by atoms with Gasteiger partial charge in [-0.3, -0.25) is 0 Å². The van der Waals surface area contributed by atoms with Gasteiger partial charge in [-0.1, -0.05) is 30.3 Å². The second-order valence-corrected chi connectivity index (χ2v) is 6.14. The number of nitrogens with zero attached hydrogens (tertiary/aromatic N) is 1. The van der Waals surface area contributed by atoms with E-state index >= 15 is 0 Å². The number of hydrogen-bond acceptors (Lipinski definition) is 5. The molecule has 0 spiro atoms. The van der Waals surface area contributed by atoms with E-state index in [0.29, 0.717) is 13.2 Å². The van der Waals surface area contributed by atoms with Crippen LogP contribution < -0.4 is 10.1 Å². The van der Waals surface area contributed by atoms with Gasteiger partial charge in [-0.15, -0.1) is 11.3 Å². The van der Waals surface area contributed by atoms with Crippen LogP contribution in [-0.2, 0) is 13.2 Å². The standard InChI is InChI=1S/C19H20N2O2S/c1-2-23-18-9-8-16(10-15(18)12-22)20-11-17-13-24-19(21-17)14-6-4-3-5-7-14/h3-10,13,20,22H,2,11-12H2,1H3. The molecule has 0 radical (unpaired) electrons. The molecule has 0 aliphatic heterocycles. The average Bonchev–Trinajstić information content (AvgIpc) is 3.11. The van der Waals surface area contributed by atoms with Crippen molar-refractivity contribution < 1.29 is 9.84 Å². The Hall–Kier alpha value is -2.37. The fourth-order valence-corrected chi connectivity index (χ4v) is 3.23. The number of ether oxygens (including phenoxy) is 1. The Bertz CT molecular complexity index is 787. The minimum absolute atomic E-state index is 0.0420. The molecule has 0 saturated carbocycles. The molecule has 1 aromatic heterocycles. The quantitative estimate of drug-likeness (QED) is 0.673. The summed E-state index contributed by atoms with van der Waals surface area (Å²) >= 11 is 1.64. The van der Waals surface area contributed by atoms with Gasteiger partial charge in [-0.25, -0.2) is 4.98 Å². The summed E-state index contributed by atoms with van der Waals surface area (Å²) in [5, 5.41) is 15.9. The number of aliphatic hydroxyl groups excluding tert-OH is 1. The number of hydrogen-bond donors (Lipinski definition) is 2. The molecule has 3 rings (SSSR count). The first-order valence-corrected chi connectivity index (χ1v) is 8.78. The number of anilines is 1. The summed E-state index contributed by atoms with van der Waals surface area (Å²) in [4.78, 5) is 4.67. The summed E-state index contributed by atoms with van der Waals surface area (Å²) in [7, 11) is 0. The van der Waals surface area contributed by atoms with E-state index in [1.165, 1.54) is 0 Å². The monoisotopic (exact) mass is 340 g/mol. The molecule has 124 valence electrons. The minimum atomic E-state index is -0.0420. The van der Waals surface area contributed by atoms with Gasteiger partial charge in [0.15, 0.2) is 0 Å². The number of aromatic nitrogens is 1. The molecule has 0 bridgehead atoms. The smallest absolute Gasteiger partial charge is 0.124 e. The lowest BCUT2D eigenvalue weighted by Crippen LogP contribution is -2.02. The Morgan fingerprint density at radius 2 is 2.00 bits per heavy atom. The fraction of sp³-hybridized carbons (Fsp3) is 0.211. The van der Waals surface area contributed by atoms with Crippen molar-refractivity contribution in [3.63, 3.8) is 0 Å². The predicted octanol–water partition coefficient (Wildman–Crippen LogP) is 4.31. The summed E-state index contributed by atoms with van der Waals surface area (Å²) in [6.07, 6.45) is 0. The summed E-state index contributed by atoms with van der Waals surface area (Å²) in [5.74, 6) is 0.727. The molecule has 0 fully saturated rings. The third-order valence-corrected chi connectivity index (χ3v) is 4.52. The molecule has 5 heteroatoms. The van der Waals surface area contributed by atoms with Gasteiger partial charge in [0.2, 0.25) is 0 Å². The SMILES string of the molecule is CCOc1ccc(NCc2csc(-c3ccccc3)n2)cc1CO. The highest BCUT2D eigenvalue weighted by molar-refractivity contribution is 7.13. The van der Waals surface area contributed by atoms with Crippen molar-refractivity contribution in [2.45, 2.75) is 20.1 Å². The Balaban J connectivity index is 1.67. The maximum Gasteiger partial charge on any atom is 0.124 e. The number of aliphatic hydroxyl groups is 1. The summed E-state index contributed by atoms with van der Waals surface area (Å²) in [5.41, 5.74) is 3.86. The molecule has 0 unspecified atom stereocenters. The van der Waals surface area contributed by atoms with Crippen LogP contribution in [0.1, 0.15) is 18.2 Å². The number of benzene rings is 2. The highest BCUT2D eigenvalue weighted by atomic mass is 32.1. The van der Waals surface area contributed by atoms with Crippen LogP contribution in [0.25, 0.3) is 10.6 Å². The average molecular weight is 340 g/mol. The van der Waals surface area contributed by atoms with Crippen LogP contribution in [0.4, 0.5) is 5.69 Å². The molecule has 4 nitrogen and oxygen atoms in total. The van der Waals surface area contributed by atoms with E-state index in [1.54, 1.807) is 11.3 Å². The number of nitrogens with one attached hydrogen (secondary N) is 1. The van der Waals surface area contributed by atoms with Crippen LogP contribution in [0, 0.1) is 0 Å². The van der Waals surface area contributed by atoms with Crippen molar-refractivity contribution in [2.75, 3.05) is 11.9 Å². The molecule has 0 amide bonds. The van der Waals surface area contributed by atoms with Gasteiger partial charge in [0.25, 0.3) is 0 Å². The first-order chi connectivity index (χ1) is 11.8. The molecule has 0 atom stereocenters. The van der Waals surface area contributed by atoms with Crippen molar-refractivity contribution >= 4 is 17.0 Å². The van der Waals surface area contributed by atoms with Crippen molar-refractivity contribution in [1.82, 2.24) is 4.98 Å². The molecule has 3 aromatic rings. The first kappa shape index (κ1) is 16.5. The van der Waals surface area contributed by atoms with E-state index in [2.05, 4.69) is 27.8 Å². The van der Waals surface area contributed by atoms with Crippen LogP contribution in [0.15, 0.2) is 53.9 Å². The zero-order valence-corrected chi connectivity index (χ0v) is 14.3. The maximum atomic E-state index is 9.47. The summed E-state index contributed by atoms with van der Waals surface area (Å²) in [6, 6.07) is 15.9. The lowest BCUT2D eigenvalue weighted by Gasteiger charge is -2.11. The van der Waals surface area contributed by atoms with Crippen molar-refractivity contribution in [2.24, 2.45) is 0 Å². The lowest BCUT2D eigenvalue weighted by atomic mass is 10.2. The second kappa shape index (κ2) is 7.95. The molecule has 0 aliphatic carbocycles. The molecule has 2 N–H and O–H groups in total. The zero-order chi connectivity index (χ0) is 16.8. The normalized spacial score (nSPS) is 10.6. The van der Waals surface area contributed by atoms with E-state index in [9.17, 15) is 5.11 Å². The van der Waals surface area contributed by atoms with Crippen molar-refractivity contribution in [3.05, 3.63) is 65.2 Å². The van der Waals surface area contributed by atoms with Gasteiger partial charge in [-0.05, 0) is 25.1 Å². The van der Waals surface area contributed by atoms with Gasteiger partial charge >= 0.3 is 0 Å². The molecule has 24 heavy (non-hydrogen) atoms. The predicted molar refractivity (Wildman–Crippen MR) is 98.4 cm³/mol. The van der Waals surface area contributed by atoms with E-state index in [-0.39, 0.29) is 6.61 Å². The largest absolute Gasteiger partial charge is 0.494 e. The van der Waals surface area contributed by atoms with Gasteiger partial charge in [0.05, 0.1) is 25.5 Å². The van der Waals surface area contributed by atoms with Crippen LogP contribution in [0.2, 0.25) is 0 Å². The van der Waals surface area contributed by atoms with Crippen LogP contribution in [-0.4, -0.2) is 16.7 Å². The molecular weight excluding hydrogens is 320 g/mol. The van der Waals surface area contributed by atoms with Crippen LogP contribution in [0.3, 0.4) is 0 Å². The Kier molecular flexibility index (Phi) is 5.46. The minimum Gasteiger partial charge on any atom is -0.494 e. The zero-order valence-electron chi connectivity index (χ0n) is 13.5. The van der Waals surface area contributed by atoms with Crippen LogP contribution >= 0.6 is 11.3 Å². The Morgan fingerprint density at radius 3 is 2.75 bits per heavy atom. The third-order valence-electron chi connectivity index (χ3n) is 3.58. The molecule has 0 saturated heterocycles. The van der Waals surface area contributed by atoms with E-state index < -0.39 is 0 Å². The maximum absolute atomic E-state index is 9.47. The lowest BCUT2D eigenvalue weighted by molar-refractivity contribution is 0.267. The van der Waals surface area contributed by atoms with Crippen molar-refractivity contribution in [1.29, 1.82) is 0 Å². The molecule has 1 heterocycles. The van der Waals surface area contributed by atoms with E-state index in [1.807, 2.05) is 43.3 Å². The highest BCUT2D eigenvalue weighted by Crippen LogP contribution is 2.25. The topological polar surface area (TPSA) is 54.4 Å². The van der Waals surface area contributed by atoms with Gasteiger partial charge in [0.1, 0.15) is 10.8 Å².